The number of nitrogens with one attached hydrogen (secondary N) is 2. The van der Waals surface area contributed by atoms with E-state index in [9.17, 15) is 18.0 Å². The van der Waals surface area contributed by atoms with E-state index in [0.717, 1.165) is 41.5 Å². The summed E-state index contributed by atoms with van der Waals surface area (Å²) in [6.07, 6.45) is -0.311. The van der Waals surface area contributed by atoms with Crippen LogP contribution >= 0.6 is 0 Å². The van der Waals surface area contributed by atoms with Gasteiger partial charge >= 0.3 is 6.18 Å². The number of hydrogen-bond donors (Lipinski definition) is 2. The third-order valence-electron chi connectivity index (χ3n) is 7.70. The van der Waals surface area contributed by atoms with Crippen molar-refractivity contribution in [1.29, 1.82) is 0 Å². The number of pyridine rings is 1. The second-order valence-electron chi connectivity index (χ2n) is 10.1. The first-order chi connectivity index (χ1) is 17.8. The van der Waals surface area contributed by atoms with Crippen molar-refractivity contribution in [2.45, 2.75) is 63.8 Å². The molecule has 0 bridgehead atoms. The molecule has 0 radical (unpaired) electrons. The molecule has 2 aliphatic heterocycles. The molecule has 1 aromatic heterocycles. The number of fused-ring (bicyclic) bond motifs is 2. The van der Waals surface area contributed by atoms with Crippen LogP contribution in [0.4, 0.5) is 36.1 Å². The van der Waals surface area contributed by atoms with Gasteiger partial charge in [0.15, 0.2) is 0 Å². The van der Waals surface area contributed by atoms with E-state index in [-0.39, 0.29) is 24.3 Å². The number of rotatable bonds is 5. The summed E-state index contributed by atoms with van der Waals surface area (Å²) in [5.41, 5.74) is 3.57. The van der Waals surface area contributed by atoms with Crippen LogP contribution in [-0.2, 0) is 16.1 Å². The number of amides is 1. The zero-order valence-corrected chi connectivity index (χ0v) is 21.1. The molecule has 3 heterocycles. The lowest BCUT2D eigenvalue weighted by atomic mass is 9.84. The molecule has 1 amide bonds. The summed E-state index contributed by atoms with van der Waals surface area (Å²) in [7, 11) is 0. The fourth-order valence-corrected chi connectivity index (χ4v) is 5.58. The number of alkyl halides is 3. The fourth-order valence-electron chi connectivity index (χ4n) is 5.58. The topological polar surface area (TPSA) is 69.7 Å². The van der Waals surface area contributed by atoms with E-state index in [1.54, 1.807) is 13.1 Å². The van der Waals surface area contributed by atoms with Gasteiger partial charge in [0, 0.05) is 42.5 Å². The standard InChI is InChI=1S/C27H34F3N5O2/c1-2-24(27(28,29)30)32-20-7-5-18(6-8-20)26(36)35-17-19-4-3-11-31-25(19)33-22-10-9-21(16-23(22)35)34-12-14-37-15-13-34/h3-4,9-11,16,18,20,24,32H,2,5-8,12-15,17H2,1H3,(H,31,33)/t18-,20-,24?. The van der Waals surface area contributed by atoms with E-state index < -0.39 is 12.2 Å². The SMILES string of the molecule is CCC(N[C@H]1CC[C@H](C(=O)N2Cc3cccnc3Nc3ccc(N4CCOCC4)cc32)CC1)C(F)(F)F. The van der Waals surface area contributed by atoms with Crippen LogP contribution in [0.15, 0.2) is 36.5 Å². The molecular formula is C27H34F3N5O2. The van der Waals surface area contributed by atoms with Crippen molar-refractivity contribution < 1.29 is 22.7 Å². The quantitative estimate of drug-likeness (QED) is 0.582. The van der Waals surface area contributed by atoms with Crippen LogP contribution < -0.4 is 20.4 Å². The van der Waals surface area contributed by atoms with Gasteiger partial charge in [-0.25, -0.2) is 4.98 Å². The Hall–Kier alpha value is -2.85. The Labute approximate surface area is 215 Å². The van der Waals surface area contributed by atoms with E-state index in [0.29, 0.717) is 45.4 Å². The number of carbonyl (C=O) groups is 1. The number of carbonyl (C=O) groups excluding carboxylic acids is 1. The van der Waals surface area contributed by atoms with Crippen LogP contribution in [0, 0.1) is 5.92 Å². The van der Waals surface area contributed by atoms with Gasteiger partial charge in [0.25, 0.3) is 0 Å². The van der Waals surface area contributed by atoms with Gasteiger partial charge in [-0.15, -0.1) is 0 Å². The van der Waals surface area contributed by atoms with E-state index in [2.05, 4.69) is 32.7 Å². The number of nitrogens with zero attached hydrogens (tertiary/aromatic N) is 3. The molecular weight excluding hydrogens is 483 g/mol. The van der Waals surface area contributed by atoms with Gasteiger partial charge in [0.2, 0.25) is 5.91 Å². The van der Waals surface area contributed by atoms with Crippen LogP contribution in [-0.4, -0.2) is 55.5 Å². The maximum Gasteiger partial charge on any atom is 0.403 e. The molecule has 7 nitrogen and oxygen atoms in total. The normalized spacial score (nSPS) is 22.9. The first-order valence-corrected chi connectivity index (χ1v) is 13.1. The van der Waals surface area contributed by atoms with Crippen molar-refractivity contribution in [1.82, 2.24) is 10.3 Å². The van der Waals surface area contributed by atoms with E-state index in [4.69, 9.17) is 4.74 Å². The molecule has 1 atom stereocenters. The summed E-state index contributed by atoms with van der Waals surface area (Å²) >= 11 is 0. The lowest BCUT2D eigenvalue weighted by molar-refractivity contribution is -0.159. The number of ether oxygens (including phenoxy) is 1. The average Bonchev–Trinajstić information content (AvgIpc) is 3.08. The van der Waals surface area contributed by atoms with Crippen LogP contribution in [0.2, 0.25) is 0 Å². The molecule has 2 fully saturated rings. The average molecular weight is 518 g/mol. The van der Waals surface area contributed by atoms with Crippen LogP contribution in [0.25, 0.3) is 0 Å². The first kappa shape index (κ1) is 25.8. The molecule has 1 aromatic carbocycles. The smallest absolute Gasteiger partial charge is 0.378 e. The van der Waals surface area contributed by atoms with Gasteiger partial charge in [-0.2, -0.15) is 13.2 Å². The minimum atomic E-state index is -4.26. The number of morpholine rings is 1. The van der Waals surface area contributed by atoms with E-state index in [1.165, 1.54) is 0 Å². The molecule has 37 heavy (non-hydrogen) atoms. The highest BCUT2D eigenvalue weighted by atomic mass is 19.4. The maximum absolute atomic E-state index is 14.0. The third kappa shape index (κ3) is 5.70. The summed E-state index contributed by atoms with van der Waals surface area (Å²) in [4.78, 5) is 22.5. The minimum Gasteiger partial charge on any atom is -0.378 e. The summed E-state index contributed by atoms with van der Waals surface area (Å²) in [5.74, 6) is 0.506. The Bertz CT molecular complexity index is 1100. The van der Waals surface area contributed by atoms with E-state index in [1.807, 2.05) is 23.1 Å². The lowest BCUT2D eigenvalue weighted by Gasteiger charge is -2.35. The molecule has 1 aliphatic carbocycles. The molecule has 1 saturated carbocycles. The monoisotopic (exact) mass is 517 g/mol. The Balaban J connectivity index is 1.36. The highest BCUT2D eigenvalue weighted by Gasteiger charge is 2.40. The van der Waals surface area contributed by atoms with Gasteiger partial charge in [-0.3, -0.25) is 4.79 Å². The Morgan fingerprint density at radius 2 is 1.95 bits per heavy atom. The second kappa shape index (κ2) is 10.9. The van der Waals surface area contributed by atoms with Crippen LogP contribution in [0.5, 0.6) is 0 Å². The Morgan fingerprint density at radius 1 is 1.19 bits per heavy atom. The number of benzene rings is 1. The molecule has 2 N–H and O–H groups in total. The number of hydrogen-bond acceptors (Lipinski definition) is 6. The predicted octanol–water partition coefficient (Wildman–Crippen LogP) is 5.00. The summed E-state index contributed by atoms with van der Waals surface area (Å²) in [5, 5.41) is 6.19. The largest absolute Gasteiger partial charge is 0.403 e. The maximum atomic E-state index is 14.0. The van der Waals surface area contributed by atoms with Crippen molar-refractivity contribution >= 4 is 28.8 Å². The molecule has 200 valence electrons. The van der Waals surface area contributed by atoms with Crippen molar-refractivity contribution in [3.05, 3.63) is 42.1 Å². The highest BCUT2D eigenvalue weighted by molar-refractivity contribution is 6.00. The van der Waals surface area contributed by atoms with Gasteiger partial charge < -0.3 is 25.2 Å². The molecule has 2 aromatic rings. The van der Waals surface area contributed by atoms with Crippen LogP contribution in [0.1, 0.15) is 44.6 Å². The molecule has 3 aliphatic rings. The molecule has 1 unspecified atom stereocenters. The second-order valence-corrected chi connectivity index (χ2v) is 10.1. The zero-order chi connectivity index (χ0) is 26.0. The van der Waals surface area contributed by atoms with Crippen molar-refractivity contribution in [3.8, 4) is 0 Å². The third-order valence-corrected chi connectivity index (χ3v) is 7.70. The van der Waals surface area contributed by atoms with Gasteiger partial charge in [0.1, 0.15) is 11.9 Å². The Kier molecular flexibility index (Phi) is 7.57. The number of anilines is 4. The summed E-state index contributed by atoms with van der Waals surface area (Å²) < 4.78 is 45.2. The first-order valence-electron chi connectivity index (χ1n) is 13.1. The van der Waals surface area contributed by atoms with Gasteiger partial charge in [-0.1, -0.05) is 13.0 Å². The highest BCUT2D eigenvalue weighted by Crippen LogP contribution is 2.40. The van der Waals surface area contributed by atoms with Crippen LogP contribution in [0.3, 0.4) is 0 Å². The molecule has 5 rings (SSSR count). The predicted molar refractivity (Wildman–Crippen MR) is 137 cm³/mol. The fraction of sp³-hybridized carbons (Fsp3) is 0.556. The molecule has 1 saturated heterocycles. The number of halogens is 3. The van der Waals surface area contributed by atoms with Crippen molar-refractivity contribution in [2.24, 2.45) is 5.92 Å². The minimum absolute atomic E-state index is 0.00115. The summed E-state index contributed by atoms with van der Waals surface area (Å²) in [6, 6.07) is 8.19. The molecule has 10 heteroatoms. The van der Waals surface area contributed by atoms with E-state index >= 15 is 0 Å². The molecule has 0 spiro atoms. The van der Waals surface area contributed by atoms with Gasteiger partial charge in [-0.05, 0) is 56.4 Å². The van der Waals surface area contributed by atoms with Crippen molar-refractivity contribution in [2.75, 3.05) is 41.4 Å². The zero-order valence-electron chi connectivity index (χ0n) is 21.1. The lowest BCUT2D eigenvalue weighted by Crippen LogP contribution is -2.49. The number of aromatic nitrogens is 1. The summed E-state index contributed by atoms with van der Waals surface area (Å²) in [6.45, 7) is 4.84. The Morgan fingerprint density at radius 3 is 2.65 bits per heavy atom. The van der Waals surface area contributed by atoms with Crippen molar-refractivity contribution in [3.63, 3.8) is 0 Å². The van der Waals surface area contributed by atoms with Gasteiger partial charge in [0.05, 0.1) is 31.1 Å².